The van der Waals surface area contributed by atoms with Crippen molar-refractivity contribution in [2.45, 2.75) is 200 Å². The zero-order valence-corrected chi connectivity index (χ0v) is 32.3. The van der Waals surface area contributed by atoms with Gasteiger partial charge in [-0.15, -0.1) is 0 Å². The summed E-state index contributed by atoms with van der Waals surface area (Å²) in [5, 5.41) is 0. The second-order valence-corrected chi connectivity index (χ2v) is 15.0. The molecule has 0 amide bonds. The quantitative estimate of drug-likeness (QED) is 0.0599. The molecule has 3 nitrogen and oxygen atoms in total. The predicted octanol–water partition coefficient (Wildman–Crippen LogP) is 14.5. The summed E-state index contributed by atoms with van der Waals surface area (Å²) in [6, 6.07) is 4.54. The highest BCUT2D eigenvalue weighted by Crippen LogP contribution is 2.46. The first-order valence-electron chi connectivity index (χ1n) is 21.0. The summed E-state index contributed by atoms with van der Waals surface area (Å²) in [4.78, 5) is 2.36. The summed E-state index contributed by atoms with van der Waals surface area (Å²) in [7, 11) is 2.19. The van der Waals surface area contributed by atoms with Gasteiger partial charge in [0.25, 0.3) is 5.79 Å². The van der Waals surface area contributed by atoms with Gasteiger partial charge in [-0.2, -0.15) is 0 Å². The topological polar surface area (TPSA) is 21.7 Å². The zero-order chi connectivity index (χ0) is 34.7. The Kier molecular flexibility index (Phi) is 22.3. The molecule has 2 heterocycles. The maximum Gasteiger partial charge on any atom is 0.251 e. The highest BCUT2D eigenvalue weighted by atomic mass is 16.7. The monoisotopic (exact) mass is 674 g/mol. The van der Waals surface area contributed by atoms with Gasteiger partial charge in [0.05, 0.1) is 0 Å². The Hall–Kier alpha value is -2.26. The van der Waals surface area contributed by atoms with Gasteiger partial charge in [-0.25, -0.2) is 0 Å². The van der Waals surface area contributed by atoms with Crippen molar-refractivity contribution < 1.29 is 9.47 Å². The molecule has 0 fully saturated rings. The Morgan fingerprint density at radius 1 is 0.490 bits per heavy atom. The van der Waals surface area contributed by atoms with Crippen molar-refractivity contribution in [3.8, 4) is 11.5 Å². The van der Waals surface area contributed by atoms with Crippen LogP contribution in [0.2, 0.25) is 0 Å². The average Bonchev–Trinajstić information content (AvgIpc) is 3.64. The van der Waals surface area contributed by atoms with Crippen molar-refractivity contribution in [3.05, 3.63) is 71.9 Å². The Balaban J connectivity index is 1.28. The first-order chi connectivity index (χ1) is 24.2. The Labute approximate surface area is 303 Å². The maximum atomic E-state index is 6.74. The van der Waals surface area contributed by atoms with E-state index in [4.69, 9.17) is 9.47 Å². The molecule has 0 saturated heterocycles. The van der Waals surface area contributed by atoms with Crippen LogP contribution in [0.3, 0.4) is 0 Å². The summed E-state index contributed by atoms with van der Waals surface area (Å²) in [5.74, 6) is 1.50. The van der Waals surface area contributed by atoms with E-state index in [1.807, 2.05) is 0 Å². The number of nitrogens with zero attached hydrogens (tertiary/aromatic N) is 1. The summed E-state index contributed by atoms with van der Waals surface area (Å²) in [5.41, 5.74) is 2.81. The van der Waals surface area contributed by atoms with E-state index >= 15 is 0 Å². The zero-order valence-electron chi connectivity index (χ0n) is 32.3. The number of benzene rings is 1. The molecule has 0 unspecified atom stereocenters. The van der Waals surface area contributed by atoms with Gasteiger partial charge >= 0.3 is 0 Å². The number of ether oxygens (including phenoxy) is 2. The molecule has 0 aromatic heterocycles. The van der Waals surface area contributed by atoms with Crippen LogP contribution in [-0.2, 0) is 13.1 Å². The van der Waals surface area contributed by atoms with Crippen LogP contribution in [0.1, 0.15) is 192 Å². The van der Waals surface area contributed by atoms with Crippen LogP contribution in [0.25, 0.3) is 0 Å². The number of allylic oxidation sites excluding steroid dienone is 8. The molecule has 1 aromatic carbocycles. The van der Waals surface area contributed by atoms with Gasteiger partial charge in [0.15, 0.2) is 11.5 Å². The highest BCUT2D eigenvalue weighted by molar-refractivity contribution is 5.51. The van der Waals surface area contributed by atoms with E-state index in [1.54, 1.807) is 0 Å². The van der Waals surface area contributed by atoms with E-state index in [-0.39, 0.29) is 0 Å². The van der Waals surface area contributed by atoms with E-state index < -0.39 is 5.79 Å². The van der Waals surface area contributed by atoms with Crippen molar-refractivity contribution in [1.82, 2.24) is 4.90 Å². The fourth-order valence-electron chi connectivity index (χ4n) is 7.25. The molecular weight excluding hydrogens is 599 g/mol. The molecular formula is C46H75NO2. The predicted molar refractivity (Wildman–Crippen MR) is 214 cm³/mol. The van der Waals surface area contributed by atoms with E-state index in [0.717, 1.165) is 50.3 Å². The molecule has 0 radical (unpaired) electrons. The SMILES string of the molecule is CCCCC/C=C\C/C=C\CCCCCCCCC1(CCCCCCCC/C=C\C/C=C\CCCCC)Oc2cc3c(cc2O1)CN(C)C3. The second-order valence-electron chi connectivity index (χ2n) is 15.0. The Bertz CT molecular complexity index is 1010. The van der Waals surface area contributed by atoms with Gasteiger partial charge in [-0.3, -0.25) is 4.90 Å². The van der Waals surface area contributed by atoms with Crippen LogP contribution in [0, 0.1) is 0 Å². The minimum absolute atomic E-state index is 0.464. The lowest BCUT2D eigenvalue weighted by Crippen LogP contribution is -2.38. The minimum atomic E-state index is -0.464. The van der Waals surface area contributed by atoms with Crippen molar-refractivity contribution in [3.63, 3.8) is 0 Å². The average molecular weight is 674 g/mol. The number of hydrogen-bond acceptors (Lipinski definition) is 3. The first-order valence-corrected chi connectivity index (χ1v) is 21.0. The first kappa shape index (κ1) is 41.2. The van der Waals surface area contributed by atoms with Gasteiger partial charge in [-0.05, 0) is 107 Å². The van der Waals surface area contributed by atoms with Gasteiger partial charge < -0.3 is 9.47 Å². The molecule has 0 spiro atoms. The van der Waals surface area contributed by atoms with Crippen LogP contribution in [-0.4, -0.2) is 17.7 Å². The van der Waals surface area contributed by atoms with Crippen molar-refractivity contribution in [1.29, 1.82) is 0 Å². The van der Waals surface area contributed by atoms with Crippen LogP contribution in [0.4, 0.5) is 0 Å². The highest BCUT2D eigenvalue weighted by Gasteiger charge is 2.41. The Morgan fingerprint density at radius 3 is 1.22 bits per heavy atom. The largest absolute Gasteiger partial charge is 0.448 e. The molecule has 2 aliphatic rings. The van der Waals surface area contributed by atoms with E-state index in [1.165, 1.54) is 152 Å². The van der Waals surface area contributed by atoms with Crippen LogP contribution in [0.5, 0.6) is 11.5 Å². The summed E-state index contributed by atoms with van der Waals surface area (Å²) < 4.78 is 13.5. The third kappa shape index (κ3) is 18.0. The molecule has 3 rings (SSSR count). The molecule has 1 aromatic rings. The number of rotatable bonds is 30. The number of unbranched alkanes of at least 4 members (excludes halogenated alkanes) is 18. The van der Waals surface area contributed by atoms with Gasteiger partial charge in [0.1, 0.15) is 0 Å². The number of fused-ring (bicyclic) bond motifs is 2. The summed E-state index contributed by atoms with van der Waals surface area (Å²) in [6.07, 6.45) is 51.5. The third-order valence-corrected chi connectivity index (χ3v) is 10.3. The molecule has 2 aliphatic heterocycles. The van der Waals surface area contributed by atoms with Crippen LogP contribution >= 0.6 is 0 Å². The smallest absolute Gasteiger partial charge is 0.251 e. The second kappa shape index (κ2) is 26.5. The fraction of sp³-hybridized carbons (Fsp3) is 0.696. The molecule has 0 saturated carbocycles. The molecule has 49 heavy (non-hydrogen) atoms. The van der Waals surface area contributed by atoms with Gasteiger partial charge in [0.2, 0.25) is 0 Å². The van der Waals surface area contributed by atoms with Crippen molar-refractivity contribution >= 4 is 0 Å². The Morgan fingerprint density at radius 2 is 0.837 bits per heavy atom. The van der Waals surface area contributed by atoms with Gasteiger partial charge in [-0.1, -0.05) is 140 Å². The molecule has 0 N–H and O–H groups in total. The lowest BCUT2D eigenvalue weighted by Gasteiger charge is -2.28. The molecule has 3 heteroatoms. The normalized spacial score (nSPS) is 15.7. The minimum Gasteiger partial charge on any atom is -0.448 e. The molecule has 276 valence electrons. The van der Waals surface area contributed by atoms with E-state index in [0.29, 0.717) is 0 Å². The molecule has 0 bridgehead atoms. The maximum absolute atomic E-state index is 6.74. The van der Waals surface area contributed by atoms with E-state index in [9.17, 15) is 0 Å². The van der Waals surface area contributed by atoms with Crippen LogP contribution in [0.15, 0.2) is 60.7 Å². The fourth-order valence-corrected chi connectivity index (χ4v) is 7.25. The summed E-state index contributed by atoms with van der Waals surface area (Å²) >= 11 is 0. The standard InChI is InChI=1S/C46H75NO2/c1-4-6-8-10-12-14-16-18-20-22-24-26-28-30-32-34-36-46(48-44-38-42-40-47(3)41-43(42)39-45(44)49-46)37-35-33-31-29-27-25-23-21-19-17-15-13-11-9-7-5-2/h12-15,18-21,38-39H,4-11,16-17,22-37,40-41H2,1-3H3/b14-12-,15-13-,20-18-,21-19-. The van der Waals surface area contributed by atoms with Crippen LogP contribution < -0.4 is 9.47 Å². The summed E-state index contributed by atoms with van der Waals surface area (Å²) in [6.45, 7) is 6.56. The van der Waals surface area contributed by atoms with Gasteiger partial charge in [0, 0.05) is 25.9 Å². The van der Waals surface area contributed by atoms with E-state index in [2.05, 4.69) is 86.5 Å². The molecule has 0 atom stereocenters. The lowest BCUT2D eigenvalue weighted by atomic mass is 9.98. The number of hydrogen-bond donors (Lipinski definition) is 0. The van der Waals surface area contributed by atoms with Crippen molar-refractivity contribution in [2.24, 2.45) is 0 Å². The lowest BCUT2D eigenvalue weighted by molar-refractivity contribution is -0.0949. The third-order valence-electron chi connectivity index (χ3n) is 10.3. The van der Waals surface area contributed by atoms with Crippen molar-refractivity contribution in [2.75, 3.05) is 7.05 Å². The molecule has 0 aliphatic carbocycles.